The molecule has 1 N–H and O–H groups in total. The summed E-state index contributed by atoms with van der Waals surface area (Å²) in [4.78, 5) is 13.8. The second-order valence-corrected chi connectivity index (χ2v) is 5.91. The molecule has 1 aromatic rings. The maximum atomic E-state index is 12.2. The van der Waals surface area contributed by atoms with Crippen LogP contribution >= 0.6 is 0 Å². The van der Waals surface area contributed by atoms with Gasteiger partial charge >= 0.3 is 6.09 Å². The quantitative estimate of drug-likeness (QED) is 0.847. The Morgan fingerprint density at radius 1 is 1.42 bits per heavy atom. The minimum Gasteiger partial charge on any atom is -0.443 e. The van der Waals surface area contributed by atoms with Crippen LogP contribution in [-0.2, 0) is 11.2 Å². The average Bonchev–Trinajstić information content (AvgIpc) is 2.69. The molecule has 1 aliphatic heterocycles. The Hall–Kier alpha value is -1.55. The molecule has 0 saturated carbocycles. The molecule has 4 nitrogen and oxygen atoms in total. The Labute approximate surface area is 114 Å². The van der Waals surface area contributed by atoms with Crippen LogP contribution in [-0.4, -0.2) is 23.3 Å². The Kier molecular flexibility index (Phi) is 3.54. The molecule has 1 atom stereocenters. The summed E-state index contributed by atoms with van der Waals surface area (Å²) in [5.41, 5.74) is 2.16. The highest BCUT2D eigenvalue weighted by Crippen LogP contribution is 2.35. The highest BCUT2D eigenvalue weighted by atomic mass is 16.6. The van der Waals surface area contributed by atoms with E-state index >= 15 is 0 Å². The van der Waals surface area contributed by atoms with Gasteiger partial charge in [-0.1, -0.05) is 18.2 Å². The number of carbonyl (C=O) groups is 1. The molecule has 1 unspecified atom stereocenters. The van der Waals surface area contributed by atoms with E-state index in [9.17, 15) is 9.90 Å². The third-order valence-electron chi connectivity index (χ3n) is 3.09. The summed E-state index contributed by atoms with van der Waals surface area (Å²) >= 11 is 0. The number of aliphatic hydroxyl groups is 1. The molecular formula is C15H21NO3. The van der Waals surface area contributed by atoms with Gasteiger partial charge in [-0.2, -0.15) is 0 Å². The number of hydrogen-bond acceptors (Lipinski definition) is 3. The van der Waals surface area contributed by atoms with Crippen molar-refractivity contribution in [2.75, 3.05) is 11.4 Å². The number of fused-ring (bicyclic) bond motifs is 1. The summed E-state index contributed by atoms with van der Waals surface area (Å²) < 4.78 is 5.42. The molecule has 0 fully saturated rings. The van der Waals surface area contributed by atoms with E-state index in [1.54, 1.807) is 11.8 Å². The number of benzene rings is 1. The molecule has 0 spiro atoms. The molecular weight excluding hydrogens is 242 g/mol. The highest BCUT2D eigenvalue weighted by molar-refractivity contribution is 5.91. The van der Waals surface area contributed by atoms with Gasteiger partial charge in [0.1, 0.15) is 5.60 Å². The first-order valence-electron chi connectivity index (χ1n) is 6.60. The monoisotopic (exact) mass is 263 g/mol. The van der Waals surface area contributed by atoms with Crippen LogP contribution in [0.15, 0.2) is 18.2 Å². The standard InChI is InChI=1S/C15H21NO3/c1-10(17)12-7-5-6-11-8-9-16(13(11)12)14(18)19-15(2,3)4/h5-7,10,17H,8-9H2,1-4H3. The van der Waals surface area contributed by atoms with Crippen molar-refractivity contribution >= 4 is 11.8 Å². The first-order valence-corrected chi connectivity index (χ1v) is 6.60. The second kappa shape index (κ2) is 4.85. The summed E-state index contributed by atoms with van der Waals surface area (Å²) in [6, 6.07) is 5.76. The smallest absolute Gasteiger partial charge is 0.414 e. The van der Waals surface area contributed by atoms with Crippen molar-refractivity contribution in [3.8, 4) is 0 Å². The van der Waals surface area contributed by atoms with E-state index in [1.165, 1.54) is 0 Å². The molecule has 0 aromatic heterocycles. The van der Waals surface area contributed by atoms with Gasteiger partial charge < -0.3 is 9.84 Å². The molecule has 0 bridgehead atoms. The van der Waals surface area contributed by atoms with E-state index < -0.39 is 11.7 Å². The summed E-state index contributed by atoms with van der Waals surface area (Å²) in [5, 5.41) is 9.84. The number of para-hydroxylation sites is 1. The van der Waals surface area contributed by atoms with Crippen LogP contribution in [0.4, 0.5) is 10.5 Å². The molecule has 2 rings (SSSR count). The molecule has 1 amide bonds. The topological polar surface area (TPSA) is 49.8 Å². The van der Waals surface area contributed by atoms with E-state index in [2.05, 4.69) is 0 Å². The van der Waals surface area contributed by atoms with Gasteiger partial charge in [0.2, 0.25) is 0 Å². The van der Waals surface area contributed by atoms with E-state index in [1.807, 2.05) is 39.0 Å². The lowest BCUT2D eigenvalue weighted by Gasteiger charge is -2.26. The predicted octanol–water partition coefficient (Wildman–Crippen LogP) is 3.04. The van der Waals surface area contributed by atoms with Crippen LogP contribution in [0.25, 0.3) is 0 Å². The van der Waals surface area contributed by atoms with Gasteiger partial charge in [0.25, 0.3) is 0 Å². The van der Waals surface area contributed by atoms with Gasteiger partial charge in [0, 0.05) is 12.1 Å². The summed E-state index contributed by atoms with van der Waals surface area (Å²) in [5.74, 6) is 0. The van der Waals surface area contributed by atoms with E-state index in [0.717, 1.165) is 23.2 Å². The number of aliphatic hydroxyl groups excluding tert-OH is 1. The van der Waals surface area contributed by atoms with Gasteiger partial charge in [-0.05, 0) is 39.7 Å². The first-order chi connectivity index (χ1) is 8.79. The molecule has 0 radical (unpaired) electrons. The van der Waals surface area contributed by atoms with Crippen LogP contribution in [0.1, 0.15) is 44.9 Å². The Morgan fingerprint density at radius 3 is 2.68 bits per heavy atom. The average molecular weight is 263 g/mol. The Bertz CT molecular complexity index is 489. The zero-order chi connectivity index (χ0) is 14.2. The third kappa shape index (κ3) is 2.89. The number of carbonyl (C=O) groups excluding carboxylic acids is 1. The summed E-state index contributed by atoms with van der Waals surface area (Å²) in [7, 11) is 0. The van der Waals surface area contributed by atoms with Crippen LogP contribution in [0.5, 0.6) is 0 Å². The lowest BCUT2D eigenvalue weighted by Crippen LogP contribution is -2.36. The van der Waals surface area contributed by atoms with Crippen molar-refractivity contribution in [1.29, 1.82) is 0 Å². The summed E-state index contributed by atoms with van der Waals surface area (Å²) in [6.45, 7) is 7.86. The molecule has 1 heterocycles. The first kappa shape index (κ1) is 13.9. The van der Waals surface area contributed by atoms with Crippen molar-refractivity contribution < 1.29 is 14.6 Å². The Morgan fingerprint density at radius 2 is 2.11 bits per heavy atom. The molecule has 104 valence electrons. The number of hydrogen-bond donors (Lipinski definition) is 1. The van der Waals surface area contributed by atoms with Crippen molar-refractivity contribution in [3.63, 3.8) is 0 Å². The van der Waals surface area contributed by atoms with Crippen molar-refractivity contribution in [3.05, 3.63) is 29.3 Å². The molecule has 19 heavy (non-hydrogen) atoms. The van der Waals surface area contributed by atoms with E-state index in [4.69, 9.17) is 4.74 Å². The minimum atomic E-state index is -0.599. The maximum absolute atomic E-state index is 12.2. The molecule has 1 aliphatic rings. The fraction of sp³-hybridized carbons (Fsp3) is 0.533. The normalized spacial score (nSPS) is 16.2. The fourth-order valence-corrected chi connectivity index (χ4v) is 2.32. The molecule has 0 aliphatic carbocycles. The van der Waals surface area contributed by atoms with Crippen molar-refractivity contribution in [2.45, 2.75) is 45.8 Å². The van der Waals surface area contributed by atoms with Crippen molar-refractivity contribution in [2.24, 2.45) is 0 Å². The lowest BCUT2D eigenvalue weighted by atomic mass is 10.0. The number of ether oxygens (including phenoxy) is 1. The van der Waals surface area contributed by atoms with E-state index in [0.29, 0.717) is 6.54 Å². The largest absolute Gasteiger partial charge is 0.443 e. The second-order valence-electron chi connectivity index (χ2n) is 5.91. The Balaban J connectivity index is 2.33. The predicted molar refractivity (Wildman–Crippen MR) is 74.4 cm³/mol. The summed E-state index contributed by atoms with van der Waals surface area (Å²) in [6.07, 6.45) is -0.146. The van der Waals surface area contributed by atoms with Gasteiger partial charge in [0.05, 0.1) is 11.8 Å². The molecule has 1 aromatic carbocycles. The third-order valence-corrected chi connectivity index (χ3v) is 3.09. The van der Waals surface area contributed by atoms with Crippen LogP contribution in [0.2, 0.25) is 0 Å². The SMILES string of the molecule is CC(O)c1cccc2c1N(C(=O)OC(C)(C)C)CC2. The van der Waals surface area contributed by atoms with E-state index in [-0.39, 0.29) is 6.09 Å². The highest BCUT2D eigenvalue weighted by Gasteiger charge is 2.31. The van der Waals surface area contributed by atoms with Crippen LogP contribution in [0, 0.1) is 0 Å². The number of rotatable bonds is 1. The number of amides is 1. The zero-order valence-electron chi connectivity index (χ0n) is 11.9. The van der Waals surface area contributed by atoms with Gasteiger partial charge in [-0.25, -0.2) is 4.79 Å². The number of nitrogens with zero attached hydrogens (tertiary/aromatic N) is 1. The lowest BCUT2D eigenvalue weighted by molar-refractivity contribution is 0.0583. The number of anilines is 1. The van der Waals surface area contributed by atoms with Gasteiger partial charge in [-0.15, -0.1) is 0 Å². The molecule has 0 saturated heterocycles. The fourth-order valence-electron chi connectivity index (χ4n) is 2.32. The zero-order valence-corrected chi connectivity index (χ0v) is 11.9. The van der Waals surface area contributed by atoms with Crippen molar-refractivity contribution in [1.82, 2.24) is 0 Å². The van der Waals surface area contributed by atoms with Gasteiger partial charge in [0.15, 0.2) is 0 Å². The molecule has 4 heteroatoms. The van der Waals surface area contributed by atoms with Crippen LogP contribution < -0.4 is 4.90 Å². The van der Waals surface area contributed by atoms with Crippen LogP contribution in [0.3, 0.4) is 0 Å². The minimum absolute atomic E-state index is 0.348. The van der Waals surface area contributed by atoms with Gasteiger partial charge in [-0.3, -0.25) is 4.90 Å². The maximum Gasteiger partial charge on any atom is 0.414 e.